The van der Waals surface area contributed by atoms with Crippen molar-refractivity contribution < 1.29 is 27.9 Å². The maximum absolute atomic E-state index is 12.7. The fourth-order valence-corrected chi connectivity index (χ4v) is 5.06. The molecule has 2 heterocycles. The van der Waals surface area contributed by atoms with Gasteiger partial charge in [0.2, 0.25) is 0 Å². The van der Waals surface area contributed by atoms with Crippen LogP contribution in [0.25, 0.3) is 0 Å². The lowest BCUT2D eigenvalue weighted by molar-refractivity contribution is -0.137. The minimum atomic E-state index is -4.31. The van der Waals surface area contributed by atoms with Gasteiger partial charge >= 0.3 is 6.18 Å². The molecule has 2 saturated heterocycles. The summed E-state index contributed by atoms with van der Waals surface area (Å²) >= 11 is 0. The molecule has 1 N–H and O–H groups in total. The lowest BCUT2D eigenvalue weighted by Crippen LogP contribution is -2.38. The molecule has 2 fully saturated rings. The molecule has 8 heteroatoms. The normalized spacial score (nSPS) is 16.8. The highest BCUT2D eigenvalue weighted by atomic mass is 19.4. The van der Waals surface area contributed by atoms with Crippen molar-refractivity contribution in [3.8, 4) is 0 Å². The highest BCUT2D eigenvalue weighted by molar-refractivity contribution is 5.94. The Kier molecular flexibility index (Phi) is 14.0. The van der Waals surface area contributed by atoms with E-state index in [1.807, 2.05) is 36.9 Å². The van der Waals surface area contributed by atoms with Crippen molar-refractivity contribution in [1.29, 1.82) is 0 Å². The molecular weight excluding hydrogens is 529 g/mol. The van der Waals surface area contributed by atoms with E-state index in [0.29, 0.717) is 37.7 Å². The third kappa shape index (κ3) is 11.2. The van der Waals surface area contributed by atoms with E-state index in [2.05, 4.69) is 18.7 Å². The van der Waals surface area contributed by atoms with Gasteiger partial charge in [0.05, 0.1) is 12.1 Å². The topological polar surface area (TPSA) is 60.9 Å². The number of hydrogen-bond donors (Lipinski definition) is 1. The number of aliphatic hydroxyl groups excluding tert-OH is 1. The number of ketones is 1. The molecule has 0 aliphatic carbocycles. The lowest BCUT2D eigenvalue weighted by atomic mass is 9.88. The molecule has 228 valence electrons. The van der Waals surface area contributed by atoms with E-state index in [0.717, 1.165) is 67.6 Å². The van der Waals surface area contributed by atoms with Crippen LogP contribution in [0.4, 0.5) is 13.2 Å². The van der Waals surface area contributed by atoms with Crippen molar-refractivity contribution in [2.45, 2.75) is 78.8 Å². The van der Waals surface area contributed by atoms with E-state index in [1.165, 1.54) is 6.42 Å². The number of Topliss-reactive ketones (excluding diaryl/α,β-unsaturated/α-hetero) is 1. The molecule has 0 spiro atoms. The monoisotopic (exact) mass is 576 g/mol. The number of halogens is 3. The van der Waals surface area contributed by atoms with Crippen molar-refractivity contribution in [2.24, 2.45) is 5.92 Å². The first-order chi connectivity index (χ1) is 19.4. The van der Waals surface area contributed by atoms with E-state index >= 15 is 0 Å². The van der Waals surface area contributed by atoms with Crippen molar-refractivity contribution >= 4 is 11.7 Å². The Morgan fingerprint density at radius 2 is 1.44 bits per heavy atom. The van der Waals surface area contributed by atoms with Crippen LogP contribution < -0.4 is 0 Å². The van der Waals surface area contributed by atoms with Gasteiger partial charge in [-0.15, -0.1) is 0 Å². The number of amides is 1. The van der Waals surface area contributed by atoms with E-state index < -0.39 is 11.7 Å². The Hall–Kier alpha value is -2.71. The van der Waals surface area contributed by atoms with Gasteiger partial charge in [-0.3, -0.25) is 14.5 Å². The SMILES string of the molecule is CC(=O)CN1CCC(CO)CC1.CCC.Cc1ccc(C(=O)N2CCC(c3ccc(C(F)(F)F)cc3)CC2)cc1C. The van der Waals surface area contributed by atoms with Gasteiger partial charge < -0.3 is 10.0 Å². The summed E-state index contributed by atoms with van der Waals surface area (Å²) < 4.78 is 38.0. The first kappa shape index (κ1) is 34.5. The van der Waals surface area contributed by atoms with E-state index in [9.17, 15) is 22.8 Å². The van der Waals surface area contributed by atoms with Gasteiger partial charge in [0, 0.05) is 25.3 Å². The number of carbonyl (C=O) groups excluding carboxylic acids is 2. The summed E-state index contributed by atoms with van der Waals surface area (Å²) in [6.45, 7) is 13.9. The second-order valence-electron chi connectivity index (χ2n) is 11.3. The highest BCUT2D eigenvalue weighted by Crippen LogP contribution is 2.33. The first-order valence-corrected chi connectivity index (χ1v) is 14.8. The molecule has 0 radical (unpaired) electrons. The number of hydrogen-bond acceptors (Lipinski definition) is 4. The number of aliphatic hydroxyl groups is 1. The summed E-state index contributed by atoms with van der Waals surface area (Å²) in [5.41, 5.74) is 3.24. The van der Waals surface area contributed by atoms with Crippen LogP contribution in [0.1, 0.15) is 91.4 Å². The third-order valence-electron chi connectivity index (χ3n) is 7.66. The zero-order valence-electron chi connectivity index (χ0n) is 25.3. The average molecular weight is 577 g/mol. The smallest absolute Gasteiger partial charge is 0.396 e. The fourth-order valence-electron chi connectivity index (χ4n) is 5.06. The zero-order valence-corrected chi connectivity index (χ0v) is 25.3. The number of nitrogens with zero attached hydrogens (tertiary/aromatic N) is 2. The Balaban J connectivity index is 0.000000327. The quantitative estimate of drug-likeness (QED) is 0.415. The predicted octanol–water partition coefficient (Wildman–Crippen LogP) is 7.04. The van der Waals surface area contributed by atoms with Crippen LogP contribution >= 0.6 is 0 Å². The minimum Gasteiger partial charge on any atom is -0.396 e. The van der Waals surface area contributed by atoms with Gasteiger partial charge in [-0.1, -0.05) is 38.5 Å². The Bertz CT molecular complexity index is 1090. The number of alkyl halides is 3. The van der Waals surface area contributed by atoms with Gasteiger partial charge in [0.25, 0.3) is 5.91 Å². The predicted molar refractivity (Wildman–Crippen MR) is 158 cm³/mol. The summed E-state index contributed by atoms with van der Waals surface area (Å²) in [6, 6.07) is 11.1. The lowest BCUT2D eigenvalue weighted by Gasteiger charge is -2.32. The van der Waals surface area contributed by atoms with Gasteiger partial charge in [0.1, 0.15) is 5.78 Å². The Labute approximate surface area is 243 Å². The van der Waals surface area contributed by atoms with Crippen LogP contribution in [0.5, 0.6) is 0 Å². The summed E-state index contributed by atoms with van der Waals surface area (Å²) in [5.74, 6) is 0.922. The molecule has 2 aliphatic heterocycles. The Morgan fingerprint density at radius 3 is 1.90 bits per heavy atom. The molecule has 5 nitrogen and oxygen atoms in total. The second kappa shape index (κ2) is 16.7. The molecule has 2 aromatic carbocycles. The van der Waals surface area contributed by atoms with Crippen LogP contribution in [0, 0.1) is 19.8 Å². The molecule has 0 atom stereocenters. The molecular formula is C33H47F3N2O3. The molecule has 0 bridgehead atoms. The number of rotatable bonds is 5. The number of benzene rings is 2. The molecule has 4 rings (SSSR count). The van der Waals surface area contributed by atoms with E-state index in [1.54, 1.807) is 19.1 Å². The van der Waals surface area contributed by atoms with Crippen LogP contribution in [0.15, 0.2) is 42.5 Å². The van der Waals surface area contributed by atoms with Gasteiger partial charge in [0.15, 0.2) is 0 Å². The summed E-state index contributed by atoms with van der Waals surface area (Å²) in [7, 11) is 0. The van der Waals surface area contributed by atoms with Crippen LogP contribution in [0.2, 0.25) is 0 Å². The number of piperidine rings is 2. The minimum absolute atomic E-state index is 0.0268. The maximum atomic E-state index is 12.7. The van der Waals surface area contributed by atoms with Crippen LogP contribution in [-0.2, 0) is 11.0 Å². The third-order valence-corrected chi connectivity index (χ3v) is 7.66. The summed E-state index contributed by atoms with van der Waals surface area (Å²) in [5, 5.41) is 8.87. The van der Waals surface area contributed by atoms with Crippen LogP contribution in [0.3, 0.4) is 0 Å². The highest BCUT2D eigenvalue weighted by Gasteiger charge is 2.31. The van der Waals surface area contributed by atoms with Crippen molar-refractivity contribution in [2.75, 3.05) is 39.3 Å². The standard InChI is InChI=1S/C21H22F3NO.C9H17NO2.C3H8/c1-14-3-4-18(13-15(14)2)20(26)25-11-9-17(10-12-25)16-5-7-19(8-6-16)21(22,23)24;1-8(12)6-10-4-2-9(7-11)3-5-10;1-3-2/h3-8,13,17H,9-12H2,1-2H3;9,11H,2-7H2,1H3;3H2,1-2H3. The summed E-state index contributed by atoms with van der Waals surface area (Å²) in [6.07, 6.45) is 0.540. The van der Waals surface area contributed by atoms with E-state index in [4.69, 9.17) is 5.11 Å². The van der Waals surface area contributed by atoms with Gasteiger partial charge in [-0.2, -0.15) is 13.2 Å². The van der Waals surface area contributed by atoms with Crippen molar-refractivity contribution in [1.82, 2.24) is 9.80 Å². The van der Waals surface area contributed by atoms with Crippen molar-refractivity contribution in [3.63, 3.8) is 0 Å². The molecule has 1 amide bonds. The maximum Gasteiger partial charge on any atom is 0.416 e. The van der Waals surface area contributed by atoms with Gasteiger partial charge in [-0.25, -0.2) is 0 Å². The number of aryl methyl sites for hydroxylation is 2. The molecule has 0 saturated carbocycles. The van der Waals surface area contributed by atoms with E-state index in [-0.39, 0.29) is 17.6 Å². The number of likely N-dealkylation sites (tertiary alicyclic amines) is 2. The number of carbonyl (C=O) groups is 2. The summed E-state index contributed by atoms with van der Waals surface area (Å²) in [4.78, 5) is 27.4. The Morgan fingerprint density at radius 1 is 0.878 bits per heavy atom. The van der Waals surface area contributed by atoms with Gasteiger partial charge in [-0.05, 0) is 112 Å². The molecule has 0 unspecified atom stereocenters. The molecule has 2 aromatic rings. The zero-order chi connectivity index (χ0) is 30.6. The fraction of sp³-hybridized carbons (Fsp3) is 0.576. The average Bonchev–Trinajstić information content (AvgIpc) is 2.95. The second-order valence-corrected chi connectivity index (χ2v) is 11.3. The molecule has 0 aromatic heterocycles. The first-order valence-electron chi connectivity index (χ1n) is 14.8. The molecule has 2 aliphatic rings. The molecule has 41 heavy (non-hydrogen) atoms. The van der Waals surface area contributed by atoms with Crippen LogP contribution in [-0.4, -0.2) is 65.9 Å². The largest absolute Gasteiger partial charge is 0.416 e. The van der Waals surface area contributed by atoms with Crippen molar-refractivity contribution in [3.05, 3.63) is 70.3 Å².